The summed E-state index contributed by atoms with van der Waals surface area (Å²) >= 11 is 0. The number of rotatable bonds is 1. The lowest BCUT2D eigenvalue weighted by atomic mass is 9.97. The molecule has 2 aromatic heterocycles. The number of fused-ring (bicyclic) bond motifs is 1. The second kappa shape index (κ2) is 3.30. The number of aromatic nitrogens is 4. The third kappa shape index (κ3) is 1.36. The molecule has 0 aromatic carbocycles. The fourth-order valence-electron chi connectivity index (χ4n) is 2.04. The van der Waals surface area contributed by atoms with E-state index in [1.54, 1.807) is 15.6 Å². The van der Waals surface area contributed by atoms with E-state index in [2.05, 4.69) is 10.2 Å². The Balaban J connectivity index is 2.07. The molecule has 0 spiro atoms. The third-order valence-corrected chi connectivity index (χ3v) is 2.86. The molecule has 2 aromatic rings. The minimum Gasteiger partial charge on any atom is -0.292 e. The molecule has 0 bridgehead atoms. The van der Waals surface area contributed by atoms with Crippen molar-refractivity contribution in [3.05, 3.63) is 29.8 Å². The third-order valence-electron chi connectivity index (χ3n) is 2.86. The van der Waals surface area contributed by atoms with E-state index in [9.17, 15) is 4.79 Å². The summed E-state index contributed by atoms with van der Waals surface area (Å²) in [6, 6.07) is 0. The number of carbonyl (C=O) groups is 1. The highest BCUT2D eigenvalue weighted by molar-refractivity contribution is 5.96. The summed E-state index contributed by atoms with van der Waals surface area (Å²) in [5.74, 6) is 0.156. The predicted molar refractivity (Wildman–Crippen MR) is 57.6 cm³/mol. The van der Waals surface area contributed by atoms with Crippen LogP contribution in [0.1, 0.15) is 28.9 Å². The molecule has 0 radical (unpaired) electrons. The average molecular weight is 216 g/mol. The monoisotopic (exact) mass is 216 g/mol. The Kier molecular flexibility index (Phi) is 1.92. The second-order valence-corrected chi connectivity index (χ2v) is 4.10. The van der Waals surface area contributed by atoms with Gasteiger partial charge in [0.05, 0.1) is 12.4 Å². The lowest BCUT2D eigenvalue weighted by Gasteiger charge is -2.05. The van der Waals surface area contributed by atoms with E-state index in [0.717, 1.165) is 24.1 Å². The van der Waals surface area contributed by atoms with Gasteiger partial charge in [0.2, 0.25) is 0 Å². The van der Waals surface area contributed by atoms with Crippen LogP contribution in [0.25, 0.3) is 5.69 Å². The van der Waals surface area contributed by atoms with Crippen molar-refractivity contribution in [2.45, 2.75) is 19.3 Å². The van der Waals surface area contributed by atoms with Crippen molar-refractivity contribution in [2.24, 2.45) is 7.05 Å². The van der Waals surface area contributed by atoms with Gasteiger partial charge in [-0.05, 0) is 12.8 Å². The number of ketones is 1. The highest BCUT2D eigenvalue weighted by Gasteiger charge is 2.21. The van der Waals surface area contributed by atoms with Crippen molar-refractivity contribution < 1.29 is 4.79 Å². The molecule has 0 fully saturated rings. The van der Waals surface area contributed by atoms with Crippen LogP contribution in [0, 0.1) is 0 Å². The summed E-state index contributed by atoms with van der Waals surface area (Å²) in [4.78, 5) is 11.6. The predicted octanol–water partition coefficient (Wildman–Crippen LogP) is 1.12. The summed E-state index contributed by atoms with van der Waals surface area (Å²) in [6.45, 7) is 0. The first kappa shape index (κ1) is 9.33. The van der Waals surface area contributed by atoms with E-state index in [1.165, 1.54) is 0 Å². The fraction of sp³-hybridized carbons (Fsp3) is 0.364. The minimum atomic E-state index is 0.156. The van der Waals surface area contributed by atoms with Gasteiger partial charge >= 0.3 is 0 Å². The highest BCUT2D eigenvalue weighted by Crippen LogP contribution is 2.21. The molecule has 1 aliphatic rings. The van der Waals surface area contributed by atoms with E-state index in [-0.39, 0.29) is 5.78 Å². The normalized spacial score (nSPS) is 15.2. The van der Waals surface area contributed by atoms with E-state index in [0.29, 0.717) is 12.1 Å². The van der Waals surface area contributed by atoms with Gasteiger partial charge in [0.1, 0.15) is 11.4 Å². The van der Waals surface area contributed by atoms with Crippen LogP contribution in [0.3, 0.4) is 0 Å². The summed E-state index contributed by atoms with van der Waals surface area (Å²) in [5, 5.41) is 8.42. The van der Waals surface area contributed by atoms with Crippen molar-refractivity contribution in [2.75, 3.05) is 0 Å². The zero-order chi connectivity index (χ0) is 11.1. The number of carbonyl (C=O) groups excluding carboxylic acids is 1. The number of Topliss-reactive ketones (excluding diaryl/α,β-unsaturated/α-hetero) is 1. The first-order valence-corrected chi connectivity index (χ1v) is 5.35. The van der Waals surface area contributed by atoms with Gasteiger partial charge in [0.15, 0.2) is 5.78 Å². The molecule has 0 aliphatic heterocycles. The fourth-order valence-corrected chi connectivity index (χ4v) is 2.04. The quantitative estimate of drug-likeness (QED) is 0.718. The van der Waals surface area contributed by atoms with Gasteiger partial charge in [-0.15, -0.1) is 0 Å². The standard InChI is InChI=1S/C11H12N4O/c1-14-7-9(5-12-14)15-6-8-3-2-4-10(16)11(8)13-15/h5-7H,2-4H2,1H3. The molecule has 0 N–H and O–H groups in total. The lowest BCUT2D eigenvalue weighted by molar-refractivity contribution is 0.0967. The Morgan fingerprint density at radius 2 is 2.19 bits per heavy atom. The van der Waals surface area contributed by atoms with Gasteiger partial charge in [0.25, 0.3) is 0 Å². The van der Waals surface area contributed by atoms with Crippen LogP contribution in [-0.4, -0.2) is 25.3 Å². The second-order valence-electron chi connectivity index (χ2n) is 4.10. The maximum Gasteiger partial charge on any atom is 0.183 e. The molecule has 0 saturated heterocycles. The lowest BCUT2D eigenvalue weighted by Crippen LogP contribution is -2.09. The van der Waals surface area contributed by atoms with E-state index in [1.807, 2.05) is 19.4 Å². The molecule has 82 valence electrons. The van der Waals surface area contributed by atoms with Crippen LogP contribution in [0.4, 0.5) is 0 Å². The average Bonchev–Trinajstić information content (AvgIpc) is 2.84. The maximum absolute atomic E-state index is 11.6. The SMILES string of the molecule is Cn1cc(-n2cc3c(n2)C(=O)CCC3)cn1. The van der Waals surface area contributed by atoms with E-state index >= 15 is 0 Å². The van der Waals surface area contributed by atoms with Gasteiger partial charge in [-0.1, -0.05) is 0 Å². The first-order valence-electron chi connectivity index (χ1n) is 5.35. The van der Waals surface area contributed by atoms with Gasteiger partial charge < -0.3 is 0 Å². The number of hydrogen-bond acceptors (Lipinski definition) is 3. The number of aryl methyl sites for hydroxylation is 2. The van der Waals surface area contributed by atoms with Crippen LogP contribution in [-0.2, 0) is 13.5 Å². The Morgan fingerprint density at radius 3 is 2.88 bits per heavy atom. The topological polar surface area (TPSA) is 52.7 Å². The van der Waals surface area contributed by atoms with Crippen molar-refractivity contribution >= 4 is 5.78 Å². The van der Waals surface area contributed by atoms with Crippen LogP contribution in [0.15, 0.2) is 18.6 Å². The first-order chi connectivity index (χ1) is 7.74. The highest BCUT2D eigenvalue weighted by atomic mass is 16.1. The van der Waals surface area contributed by atoms with Gasteiger partial charge in [-0.3, -0.25) is 9.48 Å². The Morgan fingerprint density at radius 1 is 1.31 bits per heavy atom. The van der Waals surface area contributed by atoms with E-state index < -0.39 is 0 Å². The summed E-state index contributed by atoms with van der Waals surface area (Å²) in [7, 11) is 1.86. The molecule has 3 rings (SSSR count). The Bertz CT molecular complexity index is 552. The molecule has 0 saturated carbocycles. The molecule has 0 atom stereocenters. The van der Waals surface area contributed by atoms with Gasteiger partial charge in [-0.25, -0.2) is 4.68 Å². The molecule has 5 heteroatoms. The van der Waals surface area contributed by atoms with Crippen LogP contribution in [0.5, 0.6) is 0 Å². The minimum absolute atomic E-state index is 0.156. The number of hydrogen-bond donors (Lipinski definition) is 0. The molecule has 0 amide bonds. The molecule has 2 heterocycles. The maximum atomic E-state index is 11.6. The van der Waals surface area contributed by atoms with Crippen LogP contribution in [0.2, 0.25) is 0 Å². The zero-order valence-electron chi connectivity index (χ0n) is 9.05. The molecule has 1 aliphatic carbocycles. The largest absolute Gasteiger partial charge is 0.292 e. The summed E-state index contributed by atoms with van der Waals surface area (Å²) < 4.78 is 3.46. The summed E-state index contributed by atoms with van der Waals surface area (Å²) in [5.41, 5.74) is 2.58. The smallest absolute Gasteiger partial charge is 0.183 e. The van der Waals surface area contributed by atoms with Gasteiger partial charge in [0, 0.05) is 25.2 Å². The number of nitrogens with zero attached hydrogens (tertiary/aromatic N) is 4. The van der Waals surface area contributed by atoms with Crippen molar-refractivity contribution in [3.63, 3.8) is 0 Å². The van der Waals surface area contributed by atoms with Gasteiger partial charge in [-0.2, -0.15) is 10.2 Å². The van der Waals surface area contributed by atoms with Crippen molar-refractivity contribution in [1.82, 2.24) is 19.6 Å². The molecule has 16 heavy (non-hydrogen) atoms. The molecule has 5 nitrogen and oxygen atoms in total. The van der Waals surface area contributed by atoms with Crippen molar-refractivity contribution in [3.8, 4) is 5.69 Å². The van der Waals surface area contributed by atoms with Crippen molar-refractivity contribution in [1.29, 1.82) is 0 Å². The molecular weight excluding hydrogens is 204 g/mol. The van der Waals surface area contributed by atoms with Crippen LogP contribution < -0.4 is 0 Å². The summed E-state index contributed by atoms with van der Waals surface area (Å²) in [6.07, 6.45) is 8.05. The zero-order valence-corrected chi connectivity index (χ0v) is 9.05. The Hall–Kier alpha value is -1.91. The van der Waals surface area contributed by atoms with Crippen LogP contribution >= 0.6 is 0 Å². The molecule has 0 unspecified atom stereocenters. The van der Waals surface area contributed by atoms with E-state index in [4.69, 9.17) is 0 Å². The molecular formula is C11H12N4O. The Labute approximate surface area is 92.7 Å².